The molecule has 1 fully saturated rings. The van der Waals surface area contributed by atoms with E-state index in [9.17, 15) is 9.59 Å². The first-order valence-electron chi connectivity index (χ1n) is 6.52. The second kappa shape index (κ2) is 5.95. The van der Waals surface area contributed by atoms with Crippen molar-refractivity contribution < 1.29 is 9.59 Å². The van der Waals surface area contributed by atoms with Crippen LogP contribution in [0.3, 0.4) is 0 Å². The Morgan fingerprint density at radius 1 is 1.39 bits per heavy atom. The Labute approximate surface area is 114 Å². The molecule has 0 bridgehead atoms. The van der Waals surface area contributed by atoms with Gasteiger partial charge in [0.15, 0.2) is 0 Å². The normalized spacial score (nSPS) is 24.9. The Morgan fingerprint density at radius 3 is 2.44 bits per heavy atom. The number of carbonyl (C=O) groups is 2. The van der Waals surface area contributed by atoms with Crippen LogP contribution in [0.4, 0.5) is 0 Å². The van der Waals surface area contributed by atoms with Gasteiger partial charge in [0, 0.05) is 11.8 Å². The number of hydrogen-bond acceptors (Lipinski definition) is 3. The highest BCUT2D eigenvalue weighted by molar-refractivity contribution is 7.98. The first kappa shape index (κ1) is 15.3. The third-order valence-electron chi connectivity index (χ3n) is 3.45. The molecule has 5 heteroatoms. The van der Waals surface area contributed by atoms with E-state index >= 15 is 0 Å². The van der Waals surface area contributed by atoms with Crippen LogP contribution in [0.1, 0.15) is 40.5 Å². The van der Waals surface area contributed by atoms with E-state index in [1.54, 1.807) is 25.6 Å². The van der Waals surface area contributed by atoms with E-state index in [1.165, 1.54) is 0 Å². The molecule has 1 rings (SSSR count). The molecule has 18 heavy (non-hydrogen) atoms. The standard InChI is InChI=1S/C13H24N2O2S/c1-6-9(8-18-5)15-10(7-2)11(16)14-13(3,4)12(15)17/h9-10H,6-8H2,1-5H3,(H,14,16). The summed E-state index contributed by atoms with van der Waals surface area (Å²) in [5.41, 5.74) is -0.783. The lowest BCUT2D eigenvalue weighted by Crippen LogP contribution is -2.70. The Balaban J connectivity index is 3.06. The van der Waals surface area contributed by atoms with Crippen molar-refractivity contribution in [1.29, 1.82) is 0 Å². The van der Waals surface area contributed by atoms with E-state index in [0.717, 1.165) is 12.2 Å². The molecule has 0 aromatic heterocycles. The van der Waals surface area contributed by atoms with Crippen LogP contribution in [-0.4, -0.2) is 46.3 Å². The average molecular weight is 272 g/mol. The van der Waals surface area contributed by atoms with Crippen LogP contribution in [0.15, 0.2) is 0 Å². The maximum Gasteiger partial charge on any atom is 0.248 e. The lowest BCUT2D eigenvalue weighted by molar-refractivity contribution is -0.156. The van der Waals surface area contributed by atoms with Crippen LogP contribution in [0, 0.1) is 0 Å². The van der Waals surface area contributed by atoms with Crippen LogP contribution in [0.5, 0.6) is 0 Å². The first-order chi connectivity index (χ1) is 8.38. The number of rotatable bonds is 5. The fourth-order valence-electron chi connectivity index (χ4n) is 2.43. The number of thioether (sulfide) groups is 1. The summed E-state index contributed by atoms with van der Waals surface area (Å²) < 4.78 is 0. The lowest BCUT2D eigenvalue weighted by Gasteiger charge is -2.46. The Hall–Kier alpha value is -0.710. The molecule has 2 atom stereocenters. The van der Waals surface area contributed by atoms with Gasteiger partial charge in [-0.15, -0.1) is 0 Å². The second-order valence-electron chi connectivity index (χ2n) is 5.27. The fourth-order valence-corrected chi connectivity index (χ4v) is 3.21. The zero-order chi connectivity index (χ0) is 13.9. The summed E-state index contributed by atoms with van der Waals surface area (Å²) in [7, 11) is 0. The van der Waals surface area contributed by atoms with E-state index in [2.05, 4.69) is 12.2 Å². The van der Waals surface area contributed by atoms with Gasteiger partial charge >= 0.3 is 0 Å². The van der Waals surface area contributed by atoms with E-state index in [0.29, 0.717) is 6.42 Å². The van der Waals surface area contributed by atoms with Crippen molar-refractivity contribution in [2.75, 3.05) is 12.0 Å². The maximum absolute atomic E-state index is 12.5. The number of piperazine rings is 1. The van der Waals surface area contributed by atoms with Gasteiger partial charge in [0.2, 0.25) is 11.8 Å². The molecule has 0 aliphatic carbocycles. The SMILES string of the molecule is CCC(CSC)N1C(=O)C(C)(C)NC(=O)C1CC. The molecule has 1 aliphatic heterocycles. The van der Waals surface area contributed by atoms with E-state index < -0.39 is 5.54 Å². The Bertz CT molecular complexity index is 331. The van der Waals surface area contributed by atoms with Gasteiger partial charge in [-0.2, -0.15) is 11.8 Å². The molecule has 1 heterocycles. The molecule has 2 amide bonds. The average Bonchev–Trinajstić information content (AvgIpc) is 2.30. The molecule has 0 aromatic carbocycles. The molecule has 0 spiro atoms. The minimum atomic E-state index is -0.783. The minimum Gasteiger partial charge on any atom is -0.340 e. The summed E-state index contributed by atoms with van der Waals surface area (Å²) in [5, 5.41) is 2.82. The smallest absolute Gasteiger partial charge is 0.248 e. The van der Waals surface area contributed by atoms with E-state index in [4.69, 9.17) is 0 Å². The third kappa shape index (κ3) is 2.82. The molecule has 104 valence electrons. The molecular formula is C13H24N2O2S. The molecule has 2 unspecified atom stereocenters. The molecule has 4 nitrogen and oxygen atoms in total. The zero-order valence-corrected chi connectivity index (χ0v) is 12.8. The van der Waals surface area contributed by atoms with Crippen molar-refractivity contribution in [2.45, 2.75) is 58.2 Å². The topological polar surface area (TPSA) is 49.4 Å². The lowest BCUT2D eigenvalue weighted by atomic mass is 9.93. The summed E-state index contributed by atoms with van der Waals surface area (Å²) in [6.45, 7) is 7.57. The molecule has 0 radical (unpaired) electrons. The monoisotopic (exact) mass is 272 g/mol. The molecule has 1 saturated heterocycles. The van der Waals surface area contributed by atoms with Crippen LogP contribution >= 0.6 is 11.8 Å². The van der Waals surface area contributed by atoms with Gasteiger partial charge in [0.05, 0.1) is 0 Å². The van der Waals surface area contributed by atoms with Crippen LogP contribution in [0.2, 0.25) is 0 Å². The first-order valence-corrected chi connectivity index (χ1v) is 7.92. The zero-order valence-electron chi connectivity index (χ0n) is 11.9. The van der Waals surface area contributed by atoms with Gasteiger partial charge in [-0.1, -0.05) is 13.8 Å². The van der Waals surface area contributed by atoms with Crippen LogP contribution in [0.25, 0.3) is 0 Å². The maximum atomic E-state index is 12.5. The van der Waals surface area contributed by atoms with Crippen LogP contribution in [-0.2, 0) is 9.59 Å². The molecule has 0 saturated carbocycles. The largest absolute Gasteiger partial charge is 0.340 e. The molecule has 0 aromatic rings. The number of amides is 2. The van der Waals surface area contributed by atoms with Gasteiger partial charge in [-0.25, -0.2) is 0 Å². The minimum absolute atomic E-state index is 0.0262. The van der Waals surface area contributed by atoms with Crippen molar-refractivity contribution in [3.05, 3.63) is 0 Å². The van der Waals surface area contributed by atoms with Gasteiger partial charge in [-0.3, -0.25) is 9.59 Å². The van der Waals surface area contributed by atoms with E-state index in [-0.39, 0.29) is 23.9 Å². The Kier molecular flexibility index (Phi) is 5.08. The second-order valence-corrected chi connectivity index (χ2v) is 6.18. The summed E-state index contributed by atoms with van der Waals surface area (Å²) in [6.07, 6.45) is 3.58. The fraction of sp³-hybridized carbons (Fsp3) is 0.846. The molecule has 1 aliphatic rings. The van der Waals surface area contributed by atoms with Gasteiger partial charge < -0.3 is 10.2 Å². The van der Waals surface area contributed by atoms with Crippen molar-refractivity contribution in [1.82, 2.24) is 10.2 Å². The molecule has 1 N–H and O–H groups in total. The third-order valence-corrected chi connectivity index (χ3v) is 4.17. The number of nitrogens with one attached hydrogen (secondary N) is 1. The predicted molar refractivity (Wildman–Crippen MR) is 75.6 cm³/mol. The van der Waals surface area contributed by atoms with E-state index in [1.807, 2.05) is 18.1 Å². The number of hydrogen-bond donors (Lipinski definition) is 1. The highest BCUT2D eigenvalue weighted by Gasteiger charge is 2.46. The highest BCUT2D eigenvalue weighted by atomic mass is 32.2. The summed E-state index contributed by atoms with van der Waals surface area (Å²) in [5.74, 6) is 0.888. The highest BCUT2D eigenvalue weighted by Crippen LogP contribution is 2.25. The number of carbonyl (C=O) groups excluding carboxylic acids is 2. The van der Waals surface area contributed by atoms with Gasteiger partial charge in [0.25, 0.3) is 0 Å². The Morgan fingerprint density at radius 2 is 2.00 bits per heavy atom. The predicted octanol–water partition coefficient (Wildman–Crippen LogP) is 1.64. The quantitative estimate of drug-likeness (QED) is 0.828. The van der Waals surface area contributed by atoms with Gasteiger partial charge in [-0.05, 0) is 32.9 Å². The van der Waals surface area contributed by atoms with Gasteiger partial charge in [0.1, 0.15) is 11.6 Å². The van der Waals surface area contributed by atoms with Crippen molar-refractivity contribution in [3.63, 3.8) is 0 Å². The van der Waals surface area contributed by atoms with Crippen LogP contribution < -0.4 is 5.32 Å². The van der Waals surface area contributed by atoms with Crippen molar-refractivity contribution in [3.8, 4) is 0 Å². The summed E-state index contributed by atoms with van der Waals surface area (Å²) in [4.78, 5) is 26.5. The summed E-state index contributed by atoms with van der Waals surface area (Å²) >= 11 is 1.72. The molecular weight excluding hydrogens is 248 g/mol. The summed E-state index contributed by atoms with van der Waals surface area (Å²) in [6, 6.07) is -0.176. The van der Waals surface area contributed by atoms with Crippen molar-refractivity contribution in [2.24, 2.45) is 0 Å². The number of nitrogens with zero attached hydrogens (tertiary/aromatic N) is 1. The van der Waals surface area contributed by atoms with Crippen molar-refractivity contribution >= 4 is 23.6 Å².